The molecule has 11 heteroatoms. The number of hydrogen-bond donors (Lipinski definition) is 2. The topological polar surface area (TPSA) is 99.2 Å². The molecule has 2 aliphatic heterocycles. The fraction of sp³-hybridized carbons (Fsp3) is 0.500. The average molecular weight is 448 g/mol. The number of nitrogens with one attached hydrogen (secondary N) is 1. The minimum atomic E-state index is -1.22. The van der Waals surface area contributed by atoms with Crippen LogP contribution < -0.4 is 10.2 Å². The number of carboxylic acid groups (broad SMARTS) is 1. The van der Waals surface area contributed by atoms with E-state index in [1.165, 1.54) is 15.9 Å². The summed E-state index contributed by atoms with van der Waals surface area (Å²) in [5.74, 6) is -1.12. The molecule has 0 spiro atoms. The van der Waals surface area contributed by atoms with Crippen LogP contribution in [0.25, 0.3) is 0 Å². The van der Waals surface area contributed by atoms with Gasteiger partial charge < -0.3 is 20.1 Å². The van der Waals surface area contributed by atoms with Crippen LogP contribution in [0.3, 0.4) is 0 Å². The first-order valence-corrected chi connectivity index (χ1v) is 9.95. The third-order valence-corrected chi connectivity index (χ3v) is 5.47. The van der Waals surface area contributed by atoms with E-state index < -0.39 is 34.9 Å². The number of carbonyl (C=O) groups is 3. The highest BCUT2D eigenvalue weighted by atomic mass is 35.5. The van der Waals surface area contributed by atoms with Crippen molar-refractivity contribution in [1.82, 2.24) is 10.2 Å². The van der Waals surface area contributed by atoms with Crippen LogP contribution in [0.2, 0.25) is 0 Å². The maximum atomic E-state index is 14.7. The zero-order valence-electron chi connectivity index (χ0n) is 15.3. The van der Waals surface area contributed by atoms with Gasteiger partial charge in [0, 0.05) is 13.1 Å². The van der Waals surface area contributed by atoms with Gasteiger partial charge in [-0.3, -0.25) is 9.69 Å². The minimum absolute atomic E-state index is 0.0414. The molecule has 1 unspecified atom stereocenters. The molecule has 2 N–H and O–H groups in total. The van der Waals surface area contributed by atoms with Gasteiger partial charge in [-0.2, -0.15) is 0 Å². The summed E-state index contributed by atoms with van der Waals surface area (Å²) in [6, 6.07) is 4.53. The zero-order valence-corrected chi connectivity index (χ0v) is 16.8. The van der Waals surface area contributed by atoms with Crippen LogP contribution in [0, 0.1) is 5.82 Å². The van der Waals surface area contributed by atoms with E-state index in [9.17, 15) is 18.8 Å². The van der Waals surface area contributed by atoms with Crippen molar-refractivity contribution in [3.63, 3.8) is 0 Å². The number of alkyl halides is 2. The van der Waals surface area contributed by atoms with E-state index in [1.54, 1.807) is 12.1 Å². The van der Waals surface area contributed by atoms with Gasteiger partial charge in [0.25, 0.3) is 5.91 Å². The van der Waals surface area contributed by atoms with Gasteiger partial charge in [0.15, 0.2) is 4.84 Å². The summed E-state index contributed by atoms with van der Waals surface area (Å²) >= 11 is 10.9. The predicted octanol–water partition coefficient (Wildman–Crippen LogP) is 2.93. The lowest BCUT2D eigenvalue weighted by atomic mass is 9.89. The first-order valence-electron chi connectivity index (χ1n) is 9.07. The average Bonchev–Trinajstić information content (AvgIpc) is 3.06. The second-order valence-electron chi connectivity index (χ2n) is 6.91. The van der Waals surface area contributed by atoms with E-state index in [0.29, 0.717) is 37.2 Å². The maximum Gasteiger partial charge on any atom is 0.414 e. The number of rotatable bonds is 5. The molecule has 3 rings (SSSR count). The smallest absolute Gasteiger partial charge is 0.414 e. The number of hydrogen-bond acceptors (Lipinski definition) is 4. The molecule has 158 valence electrons. The second kappa shape index (κ2) is 9.04. The first-order chi connectivity index (χ1) is 13.8. The molecule has 0 radical (unpaired) electrons. The van der Waals surface area contributed by atoms with Crippen molar-refractivity contribution in [3.05, 3.63) is 29.6 Å². The number of ether oxygens (including phenoxy) is 1. The SMILES string of the molecule is O=C(NCC1CN(c2ccc(C3CCN(C(=O)O)CC3)c(F)c2)C(=O)O1)C(Cl)Cl. The molecule has 1 aromatic rings. The quantitative estimate of drug-likeness (QED) is 0.675. The number of nitrogens with zero attached hydrogens (tertiary/aromatic N) is 2. The van der Waals surface area contributed by atoms with Gasteiger partial charge in [-0.1, -0.05) is 29.3 Å². The number of piperidine rings is 1. The van der Waals surface area contributed by atoms with E-state index in [4.69, 9.17) is 33.0 Å². The summed E-state index contributed by atoms with van der Waals surface area (Å²) < 4.78 is 19.9. The van der Waals surface area contributed by atoms with Crippen molar-refractivity contribution in [2.45, 2.75) is 29.7 Å². The number of amides is 3. The third-order valence-electron chi connectivity index (χ3n) is 5.08. The van der Waals surface area contributed by atoms with Crippen molar-refractivity contribution in [1.29, 1.82) is 0 Å². The summed E-state index contributed by atoms with van der Waals surface area (Å²) in [5, 5.41) is 11.5. The van der Waals surface area contributed by atoms with Crippen LogP contribution >= 0.6 is 23.2 Å². The van der Waals surface area contributed by atoms with Crippen LogP contribution in [-0.4, -0.2) is 65.2 Å². The fourth-order valence-corrected chi connectivity index (χ4v) is 3.68. The largest absolute Gasteiger partial charge is 0.465 e. The molecule has 8 nitrogen and oxygen atoms in total. The third kappa shape index (κ3) is 5.02. The Labute approximate surface area is 176 Å². The normalized spacial score (nSPS) is 20.1. The number of cyclic esters (lactones) is 1. The molecule has 0 aliphatic carbocycles. The fourth-order valence-electron chi connectivity index (χ4n) is 3.53. The molecule has 2 fully saturated rings. The van der Waals surface area contributed by atoms with E-state index in [-0.39, 0.29) is 19.0 Å². The van der Waals surface area contributed by atoms with Gasteiger partial charge in [0.05, 0.1) is 18.8 Å². The van der Waals surface area contributed by atoms with E-state index in [1.807, 2.05) is 0 Å². The molecule has 29 heavy (non-hydrogen) atoms. The Morgan fingerprint density at radius 2 is 2.00 bits per heavy atom. The molecule has 2 saturated heterocycles. The number of likely N-dealkylation sites (tertiary alicyclic amines) is 1. The maximum absolute atomic E-state index is 14.7. The van der Waals surface area contributed by atoms with Crippen LogP contribution in [0.5, 0.6) is 0 Å². The lowest BCUT2D eigenvalue weighted by Gasteiger charge is -2.30. The Balaban J connectivity index is 1.62. The van der Waals surface area contributed by atoms with E-state index in [2.05, 4.69) is 5.32 Å². The van der Waals surface area contributed by atoms with Crippen molar-refractivity contribution < 1.29 is 28.6 Å². The van der Waals surface area contributed by atoms with Crippen molar-refractivity contribution >= 4 is 47.0 Å². The highest BCUT2D eigenvalue weighted by Gasteiger charge is 2.33. The van der Waals surface area contributed by atoms with Gasteiger partial charge in [0.1, 0.15) is 11.9 Å². The summed E-state index contributed by atoms with van der Waals surface area (Å²) in [6.07, 6.45) is -1.14. The second-order valence-corrected chi connectivity index (χ2v) is 8.01. The highest BCUT2D eigenvalue weighted by Crippen LogP contribution is 2.32. The molecule has 3 amide bonds. The van der Waals surface area contributed by atoms with Gasteiger partial charge in [-0.15, -0.1) is 0 Å². The lowest BCUT2D eigenvalue weighted by Crippen LogP contribution is -2.37. The summed E-state index contributed by atoms with van der Waals surface area (Å²) in [6.45, 7) is 0.904. The predicted molar refractivity (Wildman–Crippen MR) is 104 cm³/mol. The van der Waals surface area contributed by atoms with E-state index in [0.717, 1.165) is 0 Å². The zero-order chi connectivity index (χ0) is 21.1. The van der Waals surface area contributed by atoms with Gasteiger partial charge in [0.2, 0.25) is 0 Å². The Morgan fingerprint density at radius 1 is 1.31 bits per heavy atom. The van der Waals surface area contributed by atoms with Crippen molar-refractivity contribution in [3.8, 4) is 0 Å². The van der Waals surface area contributed by atoms with E-state index >= 15 is 0 Å². The molecule has 0 aromatic heterocycles. The number of benzene rings is 1. The molecule has 1 aromatic carbocycles. The molecular formula is C18H20Cl2FN3O5. The Morgan fingerprint density at radius 3 is 2.59 bits per heavy atom. The standard InChI is InChI=1S/C18H20Cl2FN3O5/c19-15(20)16(25)22-8-12-9-24(18(28)29-12)11-1-2-13(14(21)7-11)10-3-5-23(6-4-10)17(26)27/h1-2,7,10,12,15H,3-6,8-9H2,(H,22,25)(H,26,27). The Bertz CT molecular complexity index is 802. The number of anilines is 1. The monoisotopic (exact) mass is 447 g/mol. The van der Waals surface area contributed by atoms with Gasteiger partial charge >= 0.3 is 12.2 Å². The highest BCUT2D eigenvalue weighted by molar-refractivity contribution is 6.53. The van der Waals surface area contributed by atoms with Crippen LogP contribution in [0.4, 0.5) is 19.7 Å². The van der Waals surface area contributed by atoms with Gasteiger partial charge in [-0.05, 0) is 36.5 Å². The number of carbonyl (C=O) groups excluding carboxylic acids is 2. The minimum Gasteiger partial charge on any atom is -0.465 e. The van der Waals surface area contributed by atoms with Crippen LogP contribution in [0.15, 0.2) is 18.2 Å². The first kappa shape index (κ1) is 21.4. The molecular weight excluding hydrogens is 428 g/mol. The molecule has 1 atom stereocenters. The van der Waals surface area contributed by atoms with Crippen LogP contribution in [-0.2, 0) is 9.53 Å². The molecule has 2 aliphatic rings. The Hall–Kier alpha value is -2.26. The molecule has 2 heterocycles. The summed E-state index contributed by atoms with van der Waals surface area (Å²) in [5.41, 5.74) is 0.853. The number of halogens is 3. The van der Waals surface area contributed by atoms with Crippen LogP contribution in [0.1, 0.15) is 24.3 Å². The van der Waals surface area contributed by atoms with Crippen molar-refractivity contribution in [2.75, 3.05) is 31.1 Å². The molecule has 0 saturated carbocycles. The molecule has 0 bridgehead atoms. The summed E-state index contributed by atoms with van der Waals surface area (Å²) in [7, 11) is 0. The Kier molecular flexibility index (Phi) is 6.69. The van der Waals surface area contributed by atoms with Crippen molar-refractivity contribution in [2.24, 2.45) is 0 Å². The summed E-state index contributed by atoms with van der Waals surface area (Å²) in [4.78, 5) is 35.9. The van der Waals surface area contributed by atoms with Gasteiger partial charge in [-0.25, -0.2) is 14.0 Å². The lowest BCUT2D eigenvalue weighted by molar-refractivity contribution is -0.119.